The summed E-state index contributed by atoms with van der Waals surface area (Å²) in [5, 5.41) is 21.8. The summed E-state index contributed by atoms with van der Waals surface area (Å²) in [4.78, 5) is 109. The van der Waals surface area contributed by atoms with Crippen molar-refractivity contribution in [3.63, 3.8) is 0 Å². The highest BCUT2D eigenvalue weighted by molar-refractivity contribution is 7.46. The highest BCUT2D eigenvalue weighted by Crippen LogP contribution is 2.37. The van der Waals surface area contributed by atoms with E-state index in [0.717, 1.165) is 0 Å². The van der Waals surface area contributed by atoms with Gasteiger partial charge in [0, 0.05) is 32.9 Å². The number of nitrogens with two attached hydrogens (primary N) is 1. The number of phosphoric ester groups is 1. The lowest BCUT2D eigenvalue weighted by Crippen LogP contribution is -2.57. The van der Waals surface area contributed by atoms with Gasteiger partial charge in [0.25, 0.3) is 0 Å². The highest BCUT2D eigenvalue weighted by atomic mass is 31.2. The molecule has 0 spiro atoms. The van der Waals surface area contributed by atoms with Gasteiger partial charge in [0.05, 0.1) is 13.2 Å². The van der Waals surface area contributed by atoms with Gasteiger partial charge in [0.15, 0.2) is 0 Å². The second-order valence-corrected chi connectivity index (χ2v) is 13.4. The van der Waals surface area contributed by atoms with E-state index in [1.165, 1.54) is 48.2 Å². The van der Waals surface area contributed by atoms with Crippen molar-refractivity contribution in [1.82, 2.24) is 31.5 Å². The molecule has 0 saturated carbocycles. The summed E-state index contributed by atoms with van der Waals surface area (Å²) in [6, 6.07) is 0.211. The van der Waals surface area contributed by atoms with Crippen molar-refractivity contribution in [3.8, 4) is 5.75 Å². The number of carbonyl (C=O) groups is 7. The maximum atomic E-state index is 13.7. The van der Waals surface area contributed by atoms with Gasteiger partial charge in [-0.05, 0) is 36.5 Å². The van der Waals surface area contributed by atoms with Crippen LogP contribution in [0.2, 0.25) is 0 Å². The lowest BCUT2D eigenvalue weighted by Gasteiger charge is -2.31. The molecule has 0 fully saturated rings. The molecule has 1 aromatic rings. The Hall–Kier alpha value is -5.10. The maximum absolute atomic E-state index is 13.7. The van der Waals surface area contributed by atoms with Crippen molar-refractivity contribution < 1.29 is 57.5 Å². The normalized spacial score (nSPS) is 13.3. The number of nitrogens with zero attached hydrogens (tertiary/aromatic N) is 1. The number of carbonyl (C=O) groups excluding carboxylic acids is 7. The van der Waals surface area contributed by atoms with E-state index in [4.69, 9.17) is 15.5 Å². The first-order valence-corrected chi connectivity index (χ1v) is 18.0. The van der Waals surface area contributed by atoms with Gasteiger partial charge >= 0.3 is 7.82 Å². The van der Waals surface area contributed by atoms with Crippen molar-refractivity contribution in [3.05, 3.63) is 55.1 Å². The fourth-order valence-electron chi connectivity index (χ4n) is 4.83. The zero-order valence-electron chi connectivity index (χ0n) is 29.9. The molecule has 0 aliphatic rings. The molecule has 0 aliphatic carbocycles. The van der Waals surface area contributed by atoms with E-state index >= 15 is 0 Å². The van der Waals surface area contributed by atoms with Gasteiger partial charge in [-0.3, -0.25) is 43.3 Å². The zero-order chi connectivity index (χ0) is 40.3. The average molecular weight is 768 g/mol. The molecule has 7 amide bonds. The van der Waals surface area contributed by atoms with Gasteiger partial charge in [-0.2, -0.15) is 0 Å². The van der Waals surface area contributed by atoms with E-state index in [1.807, 2.05) is 0 Å². The van der Waals surface area contributed by atoms with Gasteiger partial charge in [0.1, 0.15) is 29.9 Å². The predicted octanol–water partition coefficient (Wildman–Crippen LogP) is -1.72. The molecule has 4 atom stereocenters. The number of hydrogen-bond acceptors (Lipinski definition) is 10. The molecule has 53 heavy (non-hydrogen) atoms. The Bertz CT molecular complexity index is 1520. The molecule has 0 radical (unpaired) electrons. The van der Waals surface area contributed by atoms with Crippen molar-refractivity contribution in [2.24, 2.45) is 11.7 Å². The first kappa shape index (κ1) is 45.9. The summed E-state index contributed by atoms with van der Waals surface area (Å²) in [6.45, 7) is 10.5. The first-order chi connectivity index (χ1) is 24.8. The lowest BCUT2D eigenvalue weighted by atomic mass is 10.0. The minimum atomic E-state index is -4.83. The summed E-state index contributed by atoms with van der Waals surface area (Å²) in [5.74, 6) is -5.53. The fourth-order valence-corrected chi connectivity index (χ4v) is 5.23. The van der Waals surface area contributed by atoms with Gasteiger partial charge in [0.2, 0.25) is 41.4 Å². The topological polar surface area (TPSA) is 296 Å². The van der Waals surface area contributed by atoms with Crippen LogP contribution < -0.4 is 36.8 Å². The molecule has 19 nitrogen and oxygen atoms in total. The van der Waals surface area contributed by atoms with Crippen LogP contribution in [0.4, 0.5) is 0 Å². The lowest BCUT2D eigenvalue weighted by molar-refractivity contribution is -0.139. The summed E-state index contributed by atoms with van der Waals surface area (Å²) in [5.41, 5.74) is 5.73. The van der Waals surface area contributed by atoms with Crippen molar-refractivity contribution in [2.75, 3.05) is 26.2 Å². The van der Waals surface area contributed by atoms with Crippen LogP contribution >= 0.6 is 7.82 Å². The number of hydrogen-bond donors (Lipinski definition) is 9. The molecular weight excluding hydrogens is 717 g/mol. The third kappa shape index (κ3) is 17.8. The second kappa shape index (κ2) is 22.8. The number of amides is 7. The van der Waals surface area contributed by atoms with Crippen LogP contribution in [0.15, 0.2) is 49.6 Å². The summed E-state index contributed by atoms with van der Waals surface area (Å²) >= 11 is 0. The largest absolute Gasteiger partial charge is 0.524 e. The van der Waals surface area contributed by atoms with Crippen LogP contribution in [0.3, 0.4) is 0 Å². The van der Waals surface area contributed by atoms with Crippen LogP contribution in [0, 0.1) is 5.92 Å². The van der Waals surface area contributed by atoms with Crippen molar-refractivity contribution in [2.45, 2.75) is 70.6 Å². The van der Waals surface area contributed by atoms with Gasteiger partial charge in [-0.15, -0.1) is 13.2 Å². The molecule has 0 unspecified atom stereocenters. The predicted molar refractivity (Wildman–Crippen MR) is 191 cm³/mol. The Kier molecular flexibility index (Phi) is 19.7. The Morgan fingerprint density at radius 2 is 1.49 bits per heavy atom. The van der Waals surface area contributed by atoms with Crippen LogP contribution in [0.5, 0.6) is 5.75 Å². The molecule has 0 aromatic heterocycles. The van der Waals surface area contributed by atoms with E-state index < -0.39 is 86.5 Å². The summed E-state index contributed by atoms with van der Waals surface area (Å²) < 4.78 is 15.7. The van der Waals surface area contributed by atoms with Crippen molar-refractivity contribution >= 4 is 49.2 Å². The number of aliphatic hydroxyl groups is 1. The van der Waals surface area contributed by atoms with Gasteiger partial charge < -0.3 is 46.8 Å². The standard InChI is InChI=1S/C33H50N7O12P/c1-6-14-35-31(46)26(19-41)39-32(47)25(16-20(3)4)37-29(44)18-36-30(45)24(12-13-28(34)43)38-33(48)27(40(15-7-2)21(5)42)17-22-8-10-23(11-9-22)52-53(49,50)51/h6-11,20,24-27,41H,1-2,12-19H2,3-5H3,(H2,34,43)(H,35,46)(H,36,45)(H,37,44)(H,38,48)(H,39,47)(H2,49,50,51)/t24-,25-,26-,27-/m0/s1. The van der Waals surface area contributed by atoms with E-state index in [1.54, 1.807) is 13.8 Å². The van der Waals surface area contributed by atoms with E-state index in [0.29, 0.717) is 5.56 Å². The van der Waals surface area contributed by atoms with E-state index in [9.17, 15) is 43.2 Å². The third-order valence-electron chi connectivity index (χ3n) is 7.32. The SMILES string of the molecule is C=CCNC(=O)[C@H](CO)NC(=O)[C@H](CC(C)C)NC(=O)CNC(=O)[C@H](CCC(N)=O)NC(=O)[C@H](Cc1ccc(OP(=O)(O)O)cc1)N(CC=C)C(C)=O. The number of nitrogens with one attached hydrogen (secondary N) is 5. The molecule has 10 N–H and O–H groups in total. The molecule has 0 aliphatic heterocycles. The number of primary amides is 1. The Morgan fingerprint density at radius 3 is 2.00 bits per heavy atom. The van der Waals surface area contributed by atoms with Gasteiger partial charge in [-0.1, -0.05) is 38.1 Å². The van der Waals surface area contributed by atoms with Crippen molar-refractivity contribution in [1.29, 1.82) is 0 Å². The Morgan fingerprint density at radius 1 is 0.887 bits per heavy atom. The minimum absolute atomic E-state index is 0.0746. The van der Waals surface area contributed by atoms with Gasteiger partial charge in [-0.25, -0.2) is 4.57 Å². The highest BCUT2D eigenvalue weighted by Gasteiger charge is 2.32. The monoisotopic (exact) mass is 767 g/mol. The van der Waals surface area contributed by atoms with E-state index in [2.05, 4.69) is 44.3 Å². The molecular formula is C33H50N7O12P. The number of phosphoric acid groups is 1. The summed E-state index contributed by atoms with van der Waals surface area (Å²) in [6.07, 6.45) is 2.16. The number of rotatable bonds is 24. The summed E-state index contributed by atoms with van der Waals surface area (Å²) in [7, 11) is -4.83. The minimum Gasteiger partial charge on any atom is -0.404 e. The Balaban J connectivity index is 3.17. The number of benzene rings is 1. The molecule has 20 heteroatoms. The van der Waals surface area contributed by atoms with Crippen LogP contribution in [0.1, 0.15) is 45.6 Å². The van der Waals surface area contributed by atoms with E-state index in [-0.39, 0.29) is 50.4 Å². The maximum Gasteiger partial charge on any atom is 0.524 e. The smallest absolute Gasteiger partial charge is 0.404 e. The molecule has 0 heterocycles. The average Bonchev–Trinajstić information content (AvgIpc) is 3.07. The first-order valence-electron chi connectivity index (χ1n) is 16.5. The third-order valence-corrected chi connectivity index (χ3v) is 7.77. The molecule has 294 valence electrons. The van der Waals surface area contributed by atoms with Crippen LogP contribution in [-0.4, -0.2) is 112 Å². The Labute approximate surface area is 307 Å². The molecule has 1 aromatic carbocycles. The molecule has 0 bridgehead atoms. The molecule has 1 rings (SSSR count). The van der Waals surface area contributed by atoms with Crippen LogP contribution in [0.25, 0.3) is 0 Å². The second-order valence-electron chi connectivity index (χ2n) is 12.2. The van der Waals surface area contributed by atoms with Crippen LogP contribution in [-0.2, 0) is 44.5 Å². The number of aliphatic hydroxyl groups excluding tert-OH is 1. The fraction of sp³-hybridized carbons (Fsp3) is 0.485. The quantitative estimate of drug-likeness (QED) is 0.0420. The zero-order valence-corrected chi connectivity index (χ0v) is 30.8. The molecule has 0 saturated heterocycles.